The molecule has 3 aromatic rings. The molecule has 1 unspecified atom stereocenters. The molecule has 0 radical (unpaired) electrons. The molecule has 1 aliphatic heterocycles. The van der Waals surface area contributed by atoms with Crippen LogP contribution >= 0.6 is 23.2 Å². The van der Waals surface area contributed by atoms with E-state index in [0.717, 1.165) is 10.9 Å². The monoisotopic (exact) mass is 440 g/mol. The van der Waals surface area contributed by atoms with Crippen LogP contribution in [0.5, 0.6) is 0 Å². The largest absolute Gasteiger partial charge is 0.434 e. The first-order chi connectivity index (χ1) is 14.5. The first-order valence-electron chi connectivity index (χ1n) is 8.86. The third-order valence-electron chi connectivity index (χ3n) is 4.90. The Balaban J connectivity index is 2.03. The smallest absolute Gasteiger partial charge is 0.318 e. The van der Waals surface area contributed by atoms with Crippen molar-refractivity contribution in [2.75, 3.05) is 7.05 Å². The SMILES string of the molecule is CNC1=C([N+](=O)[O-])C(c2ccc(Cl)cc2Cl)C(C#N)=C(c2c[nH]c3ccccc23)O1. The van der Waals surface area contributed by atoms with Gasteiger partial charge in [-0.15, -0.1) is 0 Å². The minimum absolute atomic E-state index is 0.0599. The summed E-state index contributed by atoms with van der Waals surface area (Å²) in [6, 6.07) is 14.3. The normalized spacial score (nSPS) is 16.4. The highest BCUT2D eigenvalue weighted by atomic mass is 35.5. The fourth-order valence-corrected chi connectivity index (χ4v) is 4.11. The van der Waals surface area contributed by atoms with E-state index >= 15 is 0 Å². The predicted molar refractivity (Wildman–Crippen MR) is 114 cm³/mol. The van der Waals surface area contributed by atoms with Gasteiger partial charge in [0.2, 0.25) is 0 Å². The van der Waals surface area contributed by atoms with Gasteiger partial charge in [-0.25, -0.2) is 0 Å². The number of halogens is 2. The molecule has 0 amide bonds. The number of benzene rings is 2. The minimum atomic E-state index is -1.05. The Morgan fingerprint density at radius 2 is 2.03 bits per heavy atom. The number of nitrogens with one attached hydrogen (secondary N) is 2. The van der Waals surface area contributed by atoms with E-state index in [2.05, 4.69) is 16.4 Å². The van der Waals surface area contributed by atoms with E-state index in [9.17, 15) is 15.4 Å². The molecular weight excluding hydrogens is 427 g/mol. The molecule has 150 valence electrons. The second-order valence-electron chi connectivity index (χ2n) is 6.52. The van der Waals surface area contributed by atoms with Gasteiger partial charge in [0.25, 0.3) is 5.88 Å². The van der Waals surface area contributed by atoms with E-state index in [1.165, 1.54) is 13.1 Å². The summed E-state index contributed by atoms with van der Waals surface area (Å²) in [5.41, 5.74) is 1.62. The quantitative estimate of drug-likeness (QED) is 0.429. The van der Waals surface area contributed by atoms with Gasteiger partial charge in [0.15, 0.2) is 5.76 Å². The maximum atomic E-state index is 12.0. The van der Waals surface area contributed by atoms with Gasteiger partial charge in [-0.3, -0.25) is 10.1 Å². The Kier molecular flexibility index (Phi) is 5.12. The molecule has 7 nitrogen and oxygen atoms in total. The Morgan fingerprint density at radius 1 is 1.27 bits per heavy atom. The molecule has 2 heterocycles. The van der Waals surface area contributed by atoms with Crippen molar-refractivity contribution in [3.8, 4) is 6.07 Å². The number of nitrogens with zero attached hydrogens (tertiary/aromatic N) is 2. The second-order valence-corrected chi connectivity index (χ2v) is 7.37. The maximum Gasteiger partial charge on any atom is 0.318 e. The van der Waals surface area contributed by atoms with Gasteiger partial charge in [-0.2, -0.15) is 5.26 Å². The Morgan fingerprint density at radius 3 is 2.70 bits per heavy atom. The maximum absolute atomic E-state index is 12.0. The molecule has 9 heteroatoms. The van der Waals surface area contributed by atoms with E-state index in [4.69, 9.17) is 27.9 Å². The van der Waals surface area contributed by atoms with Crippen LogP contribution in [0.4, 0.5) is 0 Å². The van der Waals surface area contributed by atoms with Crippen LogP contribution < -0.4 is 5.32 Å². The lowest BCUT2D eigenvalue weighted by molar-refractivity contribution is -0.433. The van der Waals surface area contributed by atoms with Crippen molar-refractivity contribution in [1.29, 1.82) is 5.26 Å². The van der Waals surface area contributed by atoms with Crippen LogP contribution in [-0.2, 0) is 4.74 Å². The van der Waals surface area contributed by atoms with Crippen molar-refractivity contribution in [3.05, 3.63) is 97.1 Å². The lowest BCUT2D eigenvalue weighted by Crippen LogP contribution is -2.26. The molecule has 2 aromatic carbocycles. The second kappa shape index (κ2) is 7.75. The van der Waals surface area contributed by atoms with Crippen LogP contribution in [0.3, 0.4) is 0 Å². The summed E-state index contributed by atoms with van der Waals surface area (Å²) in [4.78, 5) is 14.5. The van der Waals surface area contributed by atoms with Crippen LogP contribution in [0.2, 0.25) is 10.0 Å². The Bertz CT molecular complexity index is 1290. The van der Waals surface area contributed by atoms with Crippen molar-refractivity contribution >= 4 is 39.9 Å². The molecule has 0 spiro atoms. The van der Waals surface area contributed by atoms with E-state index in [1.807, 2.05) is 24.3 Å². The zero-order valence-corrected chi connectivity index (χ0v) is 17.1. The summed E-state index contributed by atoms with van der Waals surface area (Å²) in [5.74, 6) is -0.883. The lowest BCUT2D eigenvalue weighted by atomic mass is 9.85. The van der Waals surface area contributed by atoms with E-state index in [1.54, 1.807) is 18.3 Å². The van der Waals surface area contributed by atoms with Crippen molar-refractivity contribution in [3.63, 3.8) is 0 Å². The zero-order valence-electron chi connectivity index (χ0n) is 15.6. The fourth-order valence-electron chi connectivity index (χ4n) is 3.59. The van der Waals surface area contributed by atoms with E-state index < -0.39 is 10.8 Å². The molecule has 0 fully saturated rings. The molecule has 0 saturated heterocycles. The van der Waals surface area contributed by atoms with Crippen LogP contribution in [-0.4, -0.2) is 17.0 Å². The zero-order chi connectivity index (χ0) is 21.4. The topological polar surface area (TPSA) is 104 Å². The number of aromatic nitrogens is 1. The number of para-hydroxylation sites is 1. The Hall–Kier alpha value is -3.47. The number of hydrogen-bond acceptors (Lipinski definition) is 5. The van der Waals surface area contributed by atoms with Gasteiger partial charge in [0.05, 0.1) is 16.6 Å². The number of rotatable bonds is 4. The molecule has 1 atom stereocenters. The molecule has 1 aliphatic rings. The van der Waals surface area contributed by atoms with Gasteiger partial charge in [-0.1, -0.05) is 47.5 Å². The molecular formula is C21H14Cl2N4O3. The number of allylic oxidation sites excluding steroid dienone is 1. The summed E-state index contributed by atoms with van der Waals surface area (Å²) in [6.45, 7) is 0. The third-order valence-corrected chi connectivity index (χ3v) is 5.46. The van der Waals surface area contributed by atoms with E-state index in [0.29, 0.717) is 16.1 Å². The molecule has 2 N–H and O–H groups in total. The summed E-state index contributed by atoms with van der Waals surface area (Å²) in [6.07, 6.45) is 1.71. The molecule has 0 aliphatic carbocycles. The number of nitro groups is 1. The standard InChI is InChI=1S/C21H14Cl2N4O3/c1-25-21-19(27(28)29)18(13-7-6-11(22)8-16(13)23)14(9-24)20(30-21)15-10-26-17-5-3-2-4-12(15)17/h2-8,10,18,25-26H,1H3. The molecule has 0 saturated carbocycles. The van der Waals surface area contributed by atoms with Crippen molar-refractivity contribution in [2.45, 2.75) is 5.92 Å². The summed E-state index contributed by atoms with van der Waals surface area (Å²) >= 11 is 12.4. The lowest BCUT2D eigenvalue weighted by Gasteiger charge is -2.25. The van der Waals surface area contributed by atoms with Crippen molar-refractivity contribution in [1.82, 2.24) is 10.3 Å². The average molecular weight is 441 g/mol. The van der Waals surface area contributed by atoms with Gasteiger partial charge in [0, 0.05) is 39.8 Å². The van der Waals surface area contributed by atoms with Gasteiger partial charge < -0.3 is 15.0 Å². The third kappa shape index (κ3) is 3.16. The molecule has 1 aromatic heterocycles. The van der Waals surface area contributed by atoms with Gasteiger partial charge in [0.1, 0.15) is 5.92 Å². The van der Waals surface area contributed by atoms with E-state index in [-0.39, 0.29) is 27.9 Å². The summed E-state index contributed by atoms with van der Waals surface area (Å²) in [5, 5.41) is 26.2. The predicted octanol–water partition coefficient (Wildman–Crippen LogP) is 5.19. The first kappa shape index (κ1) is 19.8. The van der Waals surface area contributed by atoms with Crippen LogP contribution in [0.15, 0.2) is 65.8 Å². The first-order valence-corrected chi connectivity index (χ1v) is 9.61. The van der Waals surface area contributed by atoms with Crippen LogP contribution in [0.25, 0.3) is 16.7 Å². The number of ether oxygens (including phenoxy) is 1. The van der Waals surface area contributed by atoms with Gasteiger partial charge >= 0.3 is 5.70 Å². The number of fused-ring (bicyclic) bond motifs is 1. The van der Waals surface area contributed by atoms with Crippen LogP contribution in [0.1, 0.15) is 17.0 Å². The van der Waals surface area contributed by atoms with Crippen molar-refractivity contribution in [2.24, 2.45) is 0 Å². The highest BCUT2D eigenvalue weighted by Crippen LogP contribution is 2.46. The summed E-state index contributed by atoms with van der Waals surface area (Å²) < 4.78 is 5.88. The van der Waals surface area contributed by atoms with Crippen LogP contribution in [0, 0.1) is 21.4 Å². The Labute approximate surface area is 181 Å². The number of H-pyrrole nitrogens is 1. The number of nitriles is 1. The van der Waals surface area contributed by atoms with Crippen molar-refractivity contribution < 1.29 is 9.66 Å². The average Bonchev–Trinajstić information content (AvgIpc) is 3.16. The number of aromatic amines is 1. The highest BCUT2D eigenvalue weighted by Gasteiger charge is 2.43. The number of hydrogen-bond donors (Lipinski definition) is 2. The fraction of sp³-hybridized carbons (Fsp3) is 0.0952. The highest BCUT2D eigenvalue weighted by molar-refractivity contribution is 6.35. The minimum Gasteiger partial charge on any atom is -0.434 e. The van der Waals surface area contributed by atoms with Gasteiger partial charge in [-0.05, 0) is 23.8 Å². The molecule has 0 bridgehead atoms. The molecule has 30 heavy (non-hydrogen) atoms. The molecule has 4 rings (SSSR count). The summed E-state index contributed by atoms with van der Waals surface area (Å²) in [7, 11) is 1.52.